The molecule has 2 aromatic rings. The van der Waals surface area contributed by atoms with E-state index in [1.807, 2.05) is 54.6 Å². The molecule has 2 aromatic carbocycles. The van der Waals surface area contributed by atoms with E-state index in [2.05, 4.69) is 39.2 Å². The van der Waals surface area contributed by atoms with Crippen LogP contribution in [0, 0.1) is 11.5 Å². The van der Waals surface area contributed by atoms with Gasteiger partial charge < -0.3 is 10.0 Å². The maximum Gasteiger partial charge on any atom is 0.276 e. The topological polar surface area (TPSA) is 40.5 Å². The lowest BCUT2D eigenvalue weighted by Gasteiger charge is -2.20. The highest BCUT2D eigenvalue weighted by atomic mass is 28.3. The van der Waals surface area contributed by atoms with Crippen molar-refractivity contribution >= 4 is 20.4 Å². The van der Waals surface area contributed by atoms with Crippen LogP contribution in [0.2, 0.25) is 11.1 Å². The average Bonchev–Trinajstić information content (AvgIpc) is 2.85. The molecule has 0 aliphatic carbocycles. The minimum absolute atomic E-state index is 0.353. The Morgan fingerprint density at radius 3 is 2.22 bits per heavy atom. The fourth-order valence-corrected chi connectivity index (χ4v) is 5.83. The van der Waals surface area contributed by atoms with Crippen molar-refractivity contribution in [2.45, 2.75) is 50.9 Å². The summed E-state index contributed by atoms with van der Waals surface area (Å²) in [5.74, 6) is 2.65. The van der Waals surface area contributed by atoms with Crippen molar-refractivity contribution < 1.29 is 9.90 Å². The number of carbonyl (C=O) groups is 1. The maximum atomic E-state index is 13.2. The molecule has 1 unspecified atom stereocenters. The van der Waals surface area contributed by atoms with E-state index in [0.717, 1.165) is 11.3 Å². The normalized spacial score (nSPS) is 18.8. The highest BCUT2D eigenvalue weighted by Gasteiger charge is 2.48. The average molecular weight is 377 g/mol. The largest absolute Gasteiger partial charge is 0.366 e. The van der Waals surface area contributed by atoms with Crippen LogP contribution < -0.4 is 4.90 Å². The molecule has 139 valence electrons. The van der Waals surface area contributed by atoms with Gasteiger partial charge in [-0.3, -0.25) is 4.79 Å². The Kier molecular flexibility index (Phi) is 5.55. The molecule has 1 aliphatic heterocycles. The minimum atomic E-state index is -1.76. The summed E-state index contributed by atoms with van der Waals surface area (Å²) in [7, 11) is -0.996. The number of hydrogen-bond acceptors (Lipinski definition) is 2. The van der Waals surface area contributed by atoms with Gasteiger partial charge >= 0.3 is 0 Å². The first-order valence-electron chi connectivity index (χ1n) is 9.42. The van der Waals surface area contributed by atoms with Crippen LogP contribution in [0.15, 0.2) is 54.6 Å². The summed E-state index contributed by atoms with van der Waals surface area (Å²) in [5.41, 5.74) is 4.82. The van der Waals surface area contributed by atoms with Crippen molar-refractivity contribution in [2.24, 2.45) is 0 Å². The molecule has 0 saturated carbocycles. The van der Waals surface area contributed by atoms with Gasteiger partial charge in [-0.2, -0.15) is 0 Å². The highest BCUT2D eigenvalue weighted by Crippen LogP contribution is 2.40. The van der Waals surface area contributed by atoms with E-state index in [1.165, 1.54) is 0 Å². The van der Waals surface area contributed by atoms with Crippen molar-refractivity contribution in [1.29, 1.82) is 0 Å². The third-order valence-electron chi connectivity index (χ3n) is 4.95. The second-order valence-corrected chi connectivity index (χ2v) is 11.1. The Balaban J connectivity index is 2.01. The van der Waals surface area contributed by atoms with Crippen LogP contribution in [0.5, 0.6) is 0 Å². The van der Waals surface area contributed by atoms with Crippen LogP contribution >= 0.6 is 0 Å². The number of para-hydroxylation sites is 1. The van der Waals surface area contributed by atoms with E-state index in [4.69, 9.17) is 0 Å². The van der Waals surface area contributed by atoms with Gasteiger partial charge in [0.25, 0.3) is 5.91 Å². The van der Waals surface area contributed by atoms with E-state index < -0.39 is 14.4 Å². The molecule has 27 heavy (non-hydrogen) atoms. The molecule has 0 bridgehead atoms. The van der Waals surface area contributed by atoms with E-state index in [1.54, 1.807) is 4.90 Å². The van der Waals surface area contributed by atoms with Crippen molar-refractivity contribution in [3.8, 4) is 11.5 Å². The summed E-state index contributed by atoms with van der Waals surface area (Å²) in [6.45, 7) is 9.09. The number of nitrogens with zero attached hydrogens (tertiary/aromatic N) is 1. The first-order chi connectivity index (χ1) is 12.8. The second kappa shape index (κ2) is 7.72. The lowest BCUT2D eigenvalue weighted by molar-refractivity contribution is -0.130. The fourth-order valence-electron chi connectivity index (χ4n) is 3.60. The lowest BCUT2D eigenvalue weighted by Crippen LogP contribution is -2.39. The highest BCUT2D eigenvalue weighted by molar-refractivity contribution is 6.70. The molecule has 1 N–H and O–H groups in total. The van der Waals surface area contributed by atoms with Gasteiger partial charge in [0, 0.05) is 5.56 Å². The molecule has 1 heterocycles. The number of anilines is 1. The van der Waals surface area contributed by atoms with E-state index in [9.17, 15) is 9.90 Å². The number of rotatable bonds is 4. The Labute approximate surface area is 163 Å². The quantitative estimate of drug-likeness (QED) is 0.639. The monoisotopic (exact) mass is 376 g/mol. The van der Waals surface area contributed by atoms with Crippen molar-refractivity contribution in [2.75, 3.05) is 4.90 Å². The third-order valence-corrected chi connectivity index (χ3v) is 7.86. The molecule has 3 nitrogen and oxygen atoms in total. The molecule has 1 radical (unpaired) electrons. The van der Waals surface area contributed by atoms with E-state index >= 15 is 0 Å². The summed E-state index contributed by atoms with van der Waals surface area (Å²) >= 11 is 0. The number of carbonyl (C=O) groups excluding carboxylic acids is 1. The summed E-state index contributed by atoms with van der Waals surface area (Å²) in [6, 6.07) is 17.3. The van der Waals surface area contributed by atoms with E-state index in [0.29, 0.717) is 23.2 Å². The van der Waals surface area contributed by atoms with Crippen molar-refractivity contribution in [1.82, 2.24) is 0 Å². The van der Waals surface area contributed by atoms with Gasteiger partial charge in [-0.25, -0.2) is 0 Å². The lowest BCUT2D eigenvalue weighted by atomic mass is 9.97. The number of aliphatic hydroxyl groups is 1. The maximum absolute atomic E-state index is 13.2. The summed E-state index contributed by atoms with van der Waals surface area (Å²) < 4.78 is 0. The molecule has 1 aliphatic rings. The van der Waals surface area contributed by atoms with Gasteiger partial charge in [-0.1, -0.05) is 82.1 Å². The Morgan fingerprint density at radius 1 is 1.00 bits per heavy atom. The van der Waals surface area contributed by atoms with Gasteiger partial charge in [0.2, 0.25) is 5.60 Å². The van der Waals surface area contributed by atoms with Gasteiger partial charge in [0.15, 0.2) is 0 Å². The Hall–Kier alpha value is -2.35. The number of fused-ring (bicyclic) bond motifs is 1. The van der Waals surface area contributed by atoms with Gasteiger partial charge in [-0.05, 0) is 22.7 Å². The van der Waals surface area contributed by atoms with Crippen LogP contribution in [0.25, 0.3) is 0 Å². The van der Waals surface area contributed by atoms with Gasteiger partial charge in [0.1, 0.15) is 8.80 Å². The van der Waals surface area contributed by atoms with Crippen molar-refractivity contribution in [3.05, 3.63) is 65.7 Å². The van der Waals surface area contributed by atoms with Gasteiger partial charge in [0.05, 0.1) is 12.2 Å². The summed E-state index contributed by atoms with van der Waals surface area (Å²) in [5, 5.41) is 11.3. The fraction of sp³-hybridized carbons (Fsp3) is 0.348. The first kappa shape index (κ1) is 19.4. The predicted octanol–water partition coefficient (Wildman–Crippen LogP) is 4.28. The Morgan fingerprint density at radius 2 is 1.59 bits per heavy atom. The van der Waals surface area contributed by atoms with Crippen LogP contribution in [0.3, 0.4) is 0 Å². The molecular formula is C23H26NO2Si. The van der Waals surface area contributed by atoms with Crippen LogP contribution in [-0.4, -0.2) is 19.8 Å². The zero-order valence-corrected chi connectivity index (χ0v) is 17.4. The molecule has 0 aromatic heterocycles. The predicted molar refractivity (Wildman–Crippen MR) is 112 cm³/mol. The molecule has 0 saturated heterocycles. The second-order valence-electron chi connectivity index (χ2n) is 7.62. The first-order valence-corrected chi connectivity index (χ1v) is 11.1. The smallest absolute Gasteiger partial charge is 0.276 e. The summed E-state index contributed by atoms with van der Waals surface area (Å²) in [4.78, 5) is 14.9. The molecule has 3 rings (SSSR count). The van der Waals surface area contributed by atoms with Crippen molar-refractivity contribution in [3.63, 3.8) is 0 Å². The molecule has 1 atom stereocenters. The molecule has 4 heteroatoms. The molecular weight excluding hydrogens is 350 g/mol. The number of benzene rings is 2. The molecule has 0 spiro atoms. The molecule has 0 fully saturated rings. The minimum Gasteiger partial charge on any atom is -0.366 e. The number of hydrogen-bond donors (Lipinski definition) is 1. The third kappa shape index (κ3) is 3.71. The Bertz CT molecular complexity index is 874. The summed E-state index contributed by atoms with van der Waals surface area (Å²) in [6.07, 6.45) is 0. The molecule has 1 amide bonds. The zero-order chi connectivity index (χ0) is 19.6. The van der Waals surface area contributed by atoms with E-state index in [-0.39, 0.29) is 5.91 Å². The van der Waals surface area contributed by atoms with Gasteiger partial charge in [-0.15, -0.1) is 5.54 Å². The van der Waals surface area contributed by atoms with Crippen LogP contribution in [0.1, 0.15) is 38.8 Å². The zero-order valence-electron chi connectivity index (χ0n) is 16.4. The van der Waals surface area contributed by atoms with Crippen LogP contribution in [0.4, 0.5) is 5.69 Å². The van der Waals surface area contributed by atoms with Crippen LogP contribution in [-0.2, 0) is 16.9 Å². The standard InChI is InChI=1S/C23H26NO2Si/c1-17(2)27(18(3)4)15-14-23(26)20-12-8-9-13-21(20)24(22(23)25)16-19-10-6-5-7-11-19/h5-13,17-18,26H,16H2,1-4H3. The number of amides is 1. The SMILES string of the molecule is CC(C)[Si](C#CC1(O)C(=O)N(Cc2ccccc2)c2ccccc21)C(C)C.